The molecule has 1 aliphatic carbocycles. The fourth-order valence-electron chi connectivity index (χ4n) is 1.77. The van der Waals surface area contributed by atoms with Gasteiger partial charge < -0.3 is 11.1 Å². The van der Waals surface area contributed by atoms with Crippen LogP contribution in [0.1, 0.15) is 33.0 Å². The zero-order valence-corrected chi connectivity index (χ0v) is 12.8. The molecule has 2 rings (SSSR count). The number of thiophene rings is 1. The highest BCUT2D eigenvalue weighted by Crippen LogP contribution is 2.46. The summed E-state index contributed by atoms with van der Waals surface area (Å²) in [7, 11) is 0. The second-order valence-corrected chi connectivity index (χ2v) is 7.02. The van der Waals surface area contributed by atoms with E-state index in [0.717, 1.165) is 21.9 Å². The molecule has 0 bridgehead atoms. The van der Waals surface area contributed by atoms with Crippen molar-refractivity contribution in [1.29, 1.82) is 0 Å². The van der Waals surface area contributed by atoms with Gasteiger partial charge in [-0.2, -0.15) is 11.8 Å². The summed E-state index contributed by atoms with van der Waals surface area (Å²) in [6.45, 7) is 3.07. The first-order valence-electron chi connectivity index (χ1n) is 6.23. The molecule has 102 valence electrons. The minimum Gasteiger partial charge on any atom is -0.350 e. The molecule has 0 atom stereocenters. The monoisotopic (exact) mass is 294 g/mol. The minimum absolute atomic E-state index is 0.00854. The Hall–Kier alpha value is -0.960. The third-order valence-electron chi connectivity index (χ3n) is 3.26. The number of nitrogens with one attached hydrogen (secondary N) is 1. The van der Waals surface area contributed by atoms with E-state index in [0.29, 0.717) is 11.3 Å². The zero-order chi connectivity index (χ0) is 13.9. The van der Waals surface area contributed by atoms with Crippen LogP contribution in [-0.2, 0) is 0 Å². The summed E-state index contributed by atoms with van der Waals surface area (Å²) in [4.78, 5) is 13.8. The van der Waals surface area contributed by atoms with E-state index in [9.17, 15) is 4.79 Å². The molecule has 1 aliphatic rings. The molecule has 1 heterocycles. The third kappa shape index (κ3) is 3.53. The van der Waals surface area contributed by atoms with Gasteiger partial charge in [-0.15, -0.1) is 11.3 Å². The van der Waals surface area contributed by atoms with E-state index in [1.54, 1.807) is 0 Å². The maximum atomic E-state index is 12.1. The van der Waals surface area contributed by atoms with Gasteiger partial charge >= 0.3 is 0 Å². The molecule has 0 unspecified atom stereocenters. The van der Waals surface area contributed by atoms with Gasteiger partial charge in [0.05, 0.1) is 16.3 Å². The molecule has 19 heavy (non-hydrogen) atoms. The molecule has 1 fully saturated rings. The summed E-state index contributed by atoms with van der Waals surface area (Å²) < 4.78 is 0.296. The topological polar surface area (TPSA) is 55.1 Å². The van der Waals surface area contributed by atoms with Crippen molar-refractivity contribution in [3.05, 3.63) is 21.4 Å². The van der Waals surface area contributed by atoms with E-state index in [1.807, 2.05) is 24.8 Å². The van der Waals surface area contributed by atoms with Crippen molar-refractivity contribution >= 4 is 29.0 Å². The predicted molar refractivity (Wildman–Crippen MR) is 82.8 cm³/mol. The van der Waals surface area contributed by atoms with Crippen molar-refractivity contribution in [3.8, 4) is 11.8 Å². The van der Waals surface area contributed by atoms with E-state index >= 15 is 0 Å². The number of carbonyl (C=O) groups excluding carboxylic acids is 1. The Labute approximate surface area is 122 Å². The first-order chi connectivity index (χ1) is 9.10. The van der Waals surface area contributed by atoms with Gasteiger partial charge in [0.2, 0.25) is 0 Å². The molecule has 3 N–H and O–H groups in total. The third-order valence-corrected chi connectivity index (χ3v) is 5.83. The van der Waals surface area contributed by atoms with Crippen molar-refractivity contribution in [2.24, 2.45) is 5.73 Å². The first kappa shape index (κ1) is 14.4. The van der Waals surface area contributed by atoms with Gasteiger partial charge in [0.25, 0.3) is 5.91 Å². The lowest BCUT2D eigenvalue weighted by Crippen LogP contribution is -2.31. The molecule has 0 aliphatic heterocycles. The van der Waals surface area contributed by atoms with Crippen LogP contribution in [-0.4, -0.2) is 30.0 Å². The second-order valence-electron chi connectivity index (χ2n) is 4.70. The molecule has 1 amide bonds. The number of carbonyl (C=O) groups is 1. The first-order valence-corrected chi connectivity index (χ1v) is 8.27. The molecule has 5 heteroatoms. The summed E-state index contributed by atoms with van der Waals surface area (Å²) in [5.74, 6) is 5.84. The Kier molecular flexibility index (Phi) is 4.56. The lowest BCUT2D eigenvalue weighted by atomic mass is 10.2. The Morgan fingerprint density at radius 1 is 1.63 bits per heavy atom. The Balaban J connectivity index is 1.99. The maximum absolute atomic E-state index is 12.1. The van der Waals surface area contributed by atoms with Gasteiger partial charge in [-0.05, 0) is 37.7 Å². The summed E-state index contributed by atoms with van der Waals surface area (Å²) in [5.41, 5.74) is 6.40. The highest BCUT2D eigenvalue weighted by molar-refractivity contribution is 8.00. The number of hydrogen-bond acceptors (Lipinski definition) is 4. The molecule has 3 nitrogen and oxygen atoms in total. The molecule has 0 radical (unpaired) electrons. The van der Waals surface area contributed by atoms with Gasteiger partial charge in [0, 0.05) is 11.3 Å². The number of rotatable bonds is 4. The van der Waals surface area contributed by atoms with Crippen molar-refractivity contribution < 1.29 is 4.79 Å². The molecule has 1 saturated carbocycles. The molecular formula is C14H18N2OS2. The average Bonchev–Trinajstić information content (AvgIpc) is 3.11. The fourth-order valence-corrected chi connectivity index (χ4v) is 3.46. The van der Waals surface area contributed by atoms with E-state index in [1.165, 1.54) is 24.2 Å². The van der Waals surface area contributed by atoms with Crippen LogP contribution >= 0.6 is 23.1 Å². The summed E-state index contributed by atoms with van der Waals surface area (Å²) in [6, 6.07) is 1.90. The van der Waals surface area contributed by atoms with Crippen LogP contribution < -0.4 is 11.1 Å². The maximum Gasteiger partial charge on any atom is 0.261 e. The van der Waals surface area contributed by atoms with E-state index in [4.69, 9.17) is 5.73 Å². The van der Waals surface area contributed by atoms with Crippen LogP contribution in [0, 0.1) is 18.8 Å². The number of amides is 1. The minimum atomic E-state index is 0.00854. The Morgan fingerprint density at radius 2 is 2.37 bits per heavy atom. The number of nitrogens with two attached hydrogens (primary N) is 1. The molecular weight excluding hydrogens is 276 g/mol. The van der Waals surface area contributed by atoms with Crippen LogP contribution in [0.15, 0.2) is 6.07 Å². The number of hydrogen-bond donors (Lipinski definition) is 2. The summed E-state index contributed by atoms with van der Waals surface area (Å²) in [5, 5.41) is 3.03. The van der Waals surface area contributed by atoms with E-state index in [2.05, 4.69) is 23.4 Å². The van der Waals surface area contributed by atoms with Gasteiger partial charge in [-0.3, -0.25) is 4.79 Å². The summed E-state index contributed by atoms with van der Waals surface area (Å²) in [6.07, 6.45) is 4.51. The molecule has 1 aromatic heterocycles. The molecule has 0 saturated heterocycles. The van der Waals surface area contributed by atoms with Gasteiger partial charge in [-0.1, -0.05) is 11.8 Å². The zero-order valence-electron chi connectivity index (χ0n) is 11.2. The standard InChI is InChI=1S/C14H18N2OS2/c1-10-8-12(19-11(10)4-3-7-15)13(17)16-9-14(18-2)5-6-14/h8H,5-7,9,15H2,1-2H3,(H,16,17). The van der Waals surface area contributed by atoms with Gasteiger partial charge in [-0.25, -0.2) is 0 Å². The predicted octanol–water partition coefficient (Wildman–Crippen LogP) is 1.99. The van der Waals surface area contributed by atoms with Crippen LogP contribution in [0.3, 0.4) is 0 Å². The van der Waals surface area contributed by atoms with E-state index < -0.39 is 0 Å². The fraction of sp³-hybridized carbons (Fsp3) is 0.500. The van der Waals surface area contributed by atoms with Crippen molar-refractivity contribution in [2.45, 2.75) is 24.5 Å². The highest BCUT2D eigenvalue weighted by Gasteiger charge is 2.42. The Bertz CT molecular complexity index is 535. The molecule has 0 spiro atoms. The lowest BCUT2D eigenvalue weighted by molar-refractivity contribution is 0.0957. The number of thioether (sulfide) groups is 1. The average molecular weight is 294 g/mol. The quantitative estimate of drug-likeness (QED) is 0.835. The SMILES string of the molecule is CSC1(CNC(=O)c2cc(C)c(C#CCN)s2)CC1. The van der Waals surface area contributed by atoms with Crippen LogP contribution in [0.2, 0.25) is 0 Å². The van der Waals surface area contributed by atoms with Gasteiger partial charge in [0.1, 0.15) is 0 Å². The lowest BCUT2D eigenvalue weighted by Gasteiger charge is -2.12. The van der Waals surface area contributed by atoms with Crippen LogP contribution in [0.5, 0.6) is 0 Å². The summed E-state index contributed by atoms with van der Waals surface area (Å²) >= 11 is 3.29. The smallest absolute Gasteiger partial charge is 0.261 e. The van der Waals surface area contributed by atoms with Crippen molar-refractivity contribution in [2.75, 3.05) is 19.3 Å². The van der Waals surface area contributed by atoms with Crippen molar-refractivity contribution in [3.63, 3.8) is 0 Å². The molecule has 0 aromatic carbocycles. The molecule has 1 aromatic rings. The number of aryl methyl sites for hydroxylation is 1. The largest absolute Gasteiger partial charge is 0.350 e. The second kappa shape index (κ2) is 6.00. The van der Waals surface area contributed by atoms with Crippen molar-refractivity contribution in [1.82, 2.24) is 5.32 Å². The normalized spacial score (nSPS) is 15.5. The Morgan fingerprint density at radius 3 is 2.95 bits per heavy atom. The van der Waals surface area contributed by atoms with Crippen LogP contribution in [0.4, 0.5) is 0 Å². The van der Waals surface area contributed by atoms with Gasteiger partial charge in [0.15, 0.2) is 0 Å². The van der Waals surface area contributed by atoms with Crippen LogP contribution in [0.25, 0.3) is 0 Å². The van der Waals surface area contributed by atoms with E-state index in [-0.39, 0.29) is 5.91 Å². The highest BCUT2D eigenvalue weighted by atomic mass is 32.2.